The quantitative estimate of drug-likeness (QED) is 0.798. The normalized spacial score (nSPS) is 19.9. The molecule has 1 heterocycles. The lowest BCUT2D eigenvalue weighted by molar-refractivity contribution is -0.138. The molecule has 0 aromatic rings. The summed E-state index contributed by atoms with van der Waals surface area (Å²) < 4.78 is 0. The topological polar surface area (TPSA) is 57.6 Å². The van der Waals surface area contributed by atoms with Crippen molar-refractivity contribution >= 4 is 35.4 Å². The van der Waals surface area contributed by atoms with Crippen LogP contribution in [0.2, 0.25) is 0 Å². The average Bonchev–Trinajstić information content (AvgIpc) is 2.30. The van der Waals surface area contributed by atoms with E-state index >= 15 is 0 Å². The van der Waals surface area contributed by atoms with E-state index in [1.807, 2.05) is 30.4 Å². The van der Waals surface area contributed by atoms with E-state index in [4.69, 9.17) is 5.11 Å². The Balaban J connectivity index is 2.34. The lowest BCUT2D eigenvalue weighted by Crippen LogP contribution is -2.35. The Kier molecular flexibility index (Phi) is 6.80. The van der Waals surface area contributed by atoms with E-state index in [-0.39, 0.29) is 12.3 Å². The summed E-state index contributed by atoms with van der Waals surface area (Å²) in [4.78, 5) is 24.1. The number of amides is 1. The van der Waals surface area contributed by atoms with E-state index < -0.39 is 5.97 Å². The fourth-order valence-corrected chi connectivity index (χ4v) is 4.34. The summed E-state index contributed by atoms with van der Waals surface area (Å²) in [5.41, 5.74) is 0. The standard InChI is InChI=1S/C11H19NO3S2/c1-2-12(4-3-11(14)15)10(13)7-9-8-16-5-6-17-9/h9H,2-8H2,1H3,(H,14,15). The molecule has 1 aliphatic rings. The maximum Gasteiger partial charge on any atom is 0.305 e. The van der Waals surface area contributed by atoms with Crippen LogP contribution in [0, 0.1) is 0 Å². The number of carboxylic acid groups (broad SMARTS) is 1. The lowest BCUT2D eigenvalue weighted by atomic mass is 10.2. The first-order valence-corrected chi connectivity index (χ1v) is 8.02. The number of carbonyl (C=O) groups is 2. The molecule has 0 aliphatic carbocycles. The summed E-state index contributed by atoms with van der Waals surface area (Å²) in [6.45, 7) is 2.81. The van der Waals surface area contributed by atoms with E-state index in [1.54, 1.807) is 4.90 Å². The summed E-state index contributed by atoms with van der Waals surface area (Å²) in [5.74, 6) is 2.57. The minimum absolute atomic E-state index is 0.0339. The number of thioether (sulfide) groups is 2. The molecule has 17 heavy (non-hydrogen) atoms. The highest BCUT2D eigenvalue weighted by molar-refractivity contribution is 8.06. The molecular weight excluding hydrogens is 258 g/mol. The molecule has 1 aliphatic heterocycles. The SMILES string of the molecule is CCN(CCC(=O)O)C(=O)CC1CSCCS1. The average molecular weight is 277 g/mol. The van der Waals surface area contributed by atoms with Crippen molar-refractivity contribution < 1.29 is 14.7 Å². The third kappa shape index (κ3) is 5.68. The minimum Gasteiger partial charge on any atom is -0.481 e. The molecule has 1 saturated heterocycles. The Labute approximate surface area is 111 Å². The van der Waals surface area contributed by atoms with Crippen molar-refractivity contribution in [2.75, 3.05) is 30.3 Å². The zero-order valence-electron chi connectivity index (χ0n) is 10.1. The van der Waals surface area contributed by atoms with E-state index in [1.165, 1.54) is 5.75 Å². The molecule has 98 valence electrons. The smallest absolute Gasteiger partial charge is 0.305 e. The molecule has 0 spiro atoms. The van der Waals surface area contributed by atoms with Crippen molar-refractivity contribution in [3.63, 3.8) is 0 Å². The highest BCUT2D eigenvalue weighted by Crippen LogP contribution is 2.26. The minimum atomic E-state index is -0.848. The Morgan fingerprint density at radius 2 is 2.18 bits per heavy atom. The Hall–Kier alpha value is -0.360. The van der Waals surface area contributed by atoms with Gasteiger partial charge < -0.3 is 10.0 Å². The molecule has 0 saturated carbocycles. The van der Waals surface area contributed by atoms with Gasteiger partial charge in [0.05, 0.1) is 6.42 Å². The first-order valence-electron chi connectivity index (χ1n) is 5.82. The zero-order chi connectivity index (χ0) is 12.7. The molecule has 1 atom stereocenters. The van der Waals surface area contributed by atoms with Gasteiger partial charge in [-0.3, -0.25) is 9.59 Å². The van der Waals surface area contributed by atoms with Gasteiger partial charge in [-0.05, 0) is 6.92 Å². The summed E-state index contributed by atoms with van der Waals surface area (Å²) in [6.07, 6.45) is 0.581. The van der Waals surface area contributed by atoms with Gasteiger partial charge in [-0.1, -0.05) is 0 Å². The van der Waals surface area contributed by atoms with Crippen molar-refractivity contribution in [1.82, 2.24) is 4.90 Å². The van der Waals surface area contributed by atoms with Crippen molar-refractivity contribution in [2.24, 2.45) is 0 Å². The number of hydrogen-bond donors (Lipinski definition) is 1. The van der Waals surface area contributed by atoms with Gasteiger partial charge in [0.2, 0.25) is 5.91 Å². The first kappa shape index (κ1) is 14.7. The Bertz CT molecular complexity index is 267. The van der Waals surface area contributed by atoms with Crippen LogP contribution < -0.4 is 0 Å². The monoisotopic (exact) mass is 277 g/mol. The summed E-state index contributed by atoms with van der Waals surface area (Å²) in [6, 6.07) is 0. The number of nitrogens with zero attached hydrogens (tertiary/aromatic N) is 1. The van der Waals surface area contributed by atoms with Crippen molar-refractivity contribution in [1.29, 1.82) is 0 Å². The van der Waals surface area contributed by atoms with Gasteiger partial charge in [0.1, 0.15) is 0 Å². The zero-order valence-corrected chi connectivity index (χ0v) is 11.7. The fraction of sp³-hybridized carbons (Fsp3) is 0.818. The molecule has 1 fully saturated rings. The second-order valence-corrected chi connectivity index (χ2v) is 6.45. The van der Waals surface area contributed by atoms with E-state index in [9.17, 15) is 9.59 Å². The molecule has 1 amide bonds. The highest BCUT2D eigenvalue weighted by atomic mass is 32.2. The van der Waals surface area contributed by atoms with Crippen molar-refractivity contribution in [3.05, 3.63) is 0 Å². The van der Waals surface area contributed by atoms with Crippen LogP contribution in [0.1, 0.15) is 19.8 Å². The Morgan fingerprint density at radius 3 is 2.71 bits per heavy atom. The third-order valence-electron chi connectivity index (χ3n) is 2.62. The number of carboxylic acids is 1. The summed E-state index contributed by atoms with van der Waals surface area (Å²) >= 11 is 3.76. The first-order chi connectivity index (χ1) is 8.13. The van der Waals surface area contributed by atoms with Gasteiger partial charge in [0.15, 0.2) is 0 Å². The van der Waals surface area contributed by atoms with Gasteiger partial charge in [0, 0.05) is 42.0 Å². The summed E-state index contributed by atoms with van der Waals surface area (Å²) in [7, 11) is 0. The predicted molar refractivity (Wildman–Crippen MR) is 72.7 cm³/mol. The van der Waals surface area contributed by atoms with Gasteiger partial charge in [-0.15, -0.1) is 0 Å². The van der Waals surface area contributed by atoms with Crippen LogP contribution in [0.4, 0.5) is 0 Å². The van der Waals surface area contributed by atoms with Crippen LogP contribution in [-0.4, -0.2) is 57.5 Å². The number of rotatable bonds is 6. The second kappa shape index (κ2) is 7.87. The molecule has 6 heteroatoms. The molecule has 0 radical (unpaired) electrons. The van der Waals surface area contributed by atoms with Crippen LogP contribution >= 0.6 is 23.5 Å². The Morgan fingerprint density at radius 1 is 1.41 bits per heavy atom. The molecule has 0 bridgehead atoms. The van der Waals surface area contributed by atoms with Crippen molar-refractivity contribution in [3.8, 4) is 0 Å². The molecule has 0 aromatic carbocycles. The van der Waals surface area contributed by atoms with Gasteiger partial charge in [-0.2, -0.15) is 23.5 Å². The molecule has 1 N–H and O–H groups in total. The maximum absolute atomic E-state index is 12.0. The van der Waals surface area contributed by atoms with Crippen LogP contribution in [0.15, 0.2) is 0 Å². The lowest BCUT2D eigenvalue weighted by Gasteiger charge is -2.25. The molecule has 1 unspecified atom stereocenters. The second-order valence-electron chi connectivity index (χ2n) is 3.89. The molecular formula is C11H19NO3S2. The van der Waals surface area contributed by atoms with E-state index in [0.717, 1.165) is 11.5 Å². The number of carbonyl (C=O) groups excluding carboxylic acids is 1. The molecule has 1 rings (SSSR count). The maximum atomic E-state index is 12.0. The highest BCUT2D eigenvalue weighted by Gasteiger charge is 2.21. The van der Waals surface area contributed by atoms with Gasteiger partial charge in [-0.25, -0.2) is 0 Å². The van der Waals surface area contributed by atoms with Gasteiger partial charge >= 0.3 is 5.97 Å². The van der Waals surface area contributed by atoms with Crippen LogP contribution in [-0.2, 0) is 9.59 Å². The predicted octanol–water partition coefficient (Wildman–Crippen LogP) is 1.55. The molecule has 4 nitrogen and oxygen atoms in total. The fourth-order valence-electron chi connectivity index (χ4n) is 1.67. The summed E-state index contributed by atoms with van der Waals surface area (Å²) in [5, 5.41) is 9.02. The van der Waals surface area contributed by atoms with Crippen LogP contribution in [0.3, 0.4) is 0 Å². The third-order valence-corrected chi connectivity index (χ3v) is 5.46. The van der Waals surface area contributed by atoms with Gasteiger partial charge in [0.25, 0.3) is 0 Å². The van der Waals surface area contributed by atoms with Crippen LogP contribution in [0.5, 0.6) is 0 Å². The van der Waals surface area contributed by atoms with Crippen LogP contribution in [0.25, 0.3) is 0 Å². The van der Waals surface area contributed by atoms with Crippen molar-refractivity contribution in [2.45, 2.75) is 25.0 Å². The van der Waals surface area contributed by atoms with E-state index in [2.05, 4.69) is 0 Å². The van der Waals surface area contributed by atoms with E-state index in [0.29, 0.717) is 24.8 Å². The largest absolute Gasteiger partial charge is 0.481 e. The number of aliphatic carboxylic acids is 1. The number of hydrogen-bond acceptors (Lipinski definition) is 4. The molecule has 0 aromatic heterocycles.